The smallest absolute Gasteiger partial charge is 0.241 e. The predicted molar refractivity (Wildman–Crippen MR) is 86.6 cm³/mol. The van der Waals surface area contributed by atoms with E-state index in [-0.39, 0.29) is 41.4 Å². The fraction of sp³-hybridized carbons (Fsp3) is 0.462. The van der Waals surface area contributed by atoms with Crippen LogP contribution in [0.3, 0.4) is 0 Å². The second-order valence-corrected chi connectivity index (χ2v) is 6.34. The normalized spacial score (nSPS) is 12.2. The molecule has 0 saturated carbocycles. The number of carbonyl (C=O) groups excluding carboxylic acids is 1. The highest BCUT2D eigenvalue weighted by molar-refractivity contribution is 7.89. The van der Waals surface area contributed by atoms with Crippen molar-refractivity contribution in [1.82, 2.24) is 5.32 Å². The lowest BCUT2D eigenvalue weighted by Crippen LogP contribution is -2.31. The van der Waals surface area contributed by atoms with Gasteiger partial charge in [0.25, 0.3) is 0 Å². The largest absolute Gasteiger partial charge is 0.495 e. The SMILES string of the molecule is COc1ccc(CCNC(=O)CC(C)N)cc1S(N)(=O)=O.Cl. The summed E-state index contributed by atoms with van der Waals surface area (Å²) in [7, 11) is -2.48. The monoisotopic (exact) mass is 351 g/mol. The van der Waals surface area contributed by atoms with Crippen LogP contribution in [0.4, 0.5) is 0 Å². The van der Waals surface area contributed by atoms with Crippen LogP contribution in [0.25, 0.3) is 0 Å². The lowest BCUT2D eigenvalue weighted by atomic mass is 10.1. The molecule has 7 nitrogen and oxygen atoms in total. The summed E-state index contributed by atoms with van der Waals surface area (Å²) < 4.78 is 27.9. The number of benzene rings is 1. The second-order valence-electron chi connectivity index (χ2n) is 4.81. The zero-order valence-corrected chi connectivity index (χ0v) is 14.2. The van der Waals surface area contributed by atoms with Crippen LogP contribution >= 0.6 is 12.4 Å². The number of primary sulfonamides is 1. The number of halogens is 1. The number of nitrogens with one attached hydrogen (secondary N) is 1. The van der Waals surface area contributed by atoms with Gasteiger partial charge < -0.3 is 15.8 Å². The van der Waals surface area contributed by atoms with Gasteiger partial charge in [-0.2, -0.15) is 0 Å². The second kappa shape index (κ2) is 8.94. The predicted octanol–water partition coefficient (Wildman–Crippen LogP) is 0.160. The quantitative estimate of drug-likeness (QED) is 0.645. The van der Waals surface area contributed by atoms with Crippen LogP contribution in [0.1, 0.15) is 18.9 Å². The number of methoxy groups -OCH3 is 1. The Labute approximate surface area is 136 Å². The minimum Gasteiger partial charge on any atom is -0.495 e. The van der Waals surface area contributed by atoms with E-state index >= 15 is 0 Å². The Morgan fingerprint density at radius 1 is 1.41 bits per heavy atom. The maximum atomic E-state index is 11.5. The molecule has 0 saturated heterocycles. The molecule has 1 rings (SSSR count). The Morgan fingerprint density at radius 2 is 2.05 bits per heavy atom. The van der Waals surface area contributed by atoms with Crippen molar-refractivity contribution < 1.29 is 17.9 Å². The minimum absolute atomic E-state index is 0. The molecule has 9 heteroatoms. The molecular weight excluding hydrogens is 330 g/mol. The van der Waals surface area contributed by atoms with Gasteiger partial charge in [0.05, 0.1) is 7.11 Å². The Kier molecular flexibility index (Phi) is 8.39. The summed E-state index contributed by atoms with van der Waals surface area (Å²) in [5.41, 5.74) is 6.26. The number of hydrogen-bond donors (Lipinski definition) is 3. The highest BCUT2D eigenvalue weighted by atomic mass is 35.5. The van der Waals surface area contributed by atoms with Gasteiger partial charge in [-0.25, -0.2) is 13.6 Å². The first-order chi connectivity index (χ1) is 9.74. The van der Waals surface area contributed by atoms with Gasteiger partial charge in [-0.3, -0.25) is 4.79 Å². The number of hydrogen-bond acceptors (Lipinski definition) is 5. The maximum absolute atomic E-state index is 11.5. The van der Waals surface area contributed by atoms with Gasteiger partial charge in [0.2, 0.25) is 15.9 Å². The van der Waals surface area contributed by atoms with Crippen molar-refractivity contribution >= 4 is 28.3 Å². The molecule has 0 aliphatic carbocycles. The van der Waals surface area contributed by atoms with Crippen LogP contribution in [0.15, 0.2) is 23.1 Å². The van der Waals surface area contributed by atoms with Crippen molar-refractivity contribution in [2.45, 2.75) is 30.7 Å². The molecule has 126 valence electrons. The van der Waals surface area contributed by atoms with E-state index in [2.05, 4.69) is 5.32 Å². The van der Waals surface area contributed by atoms with Gasteiger partial charge in [0, 0.05) is 19.0 Å². The average molecular weight is 352 g/mol. The summed E-state index contributed by atoms with van der Waals surface area (Å²) in [4.78, 5) is 11.4. The van der Waals surface area contributed by atoms with E-state index in [1.54, 1.807) is 19.1 Å². The summed E-state index contributed by atoms with van der Waals surface area (Å²) >= 11 is 0. The van der Waals surface area contributed by atoms with Crippen molar-refractivity contribution in [2.75, 3.05) is 13.7 Å². The third-order valence-electron chi connectivity index (χ3n) is 2.78. The van der Waals surface area contributed by atoms with Crippen molar-refractivity contribution in [1.29, 1.82) is 0 Å². The van der Waals surface area contributed by atoms with Crippen molar-refractivity contribution in [3.05, 3.63) is 23.8 Å². The van der Waals surface area contributed by atoms with Gasteiger partial charge in [0.1, 0.15) is 10.6 Å². The molecule has 1 amide bonds. The molecule has 1 atom stereocenters. The van der Waals surface area contributed by atoms with E-state index < -0.39 is 10.0 Å². The first kappa shape index (κ1) is 20.6. The topological polar surface area (TPSA) is 125 Å². The number of nitrogens with two attached hydrogens (primary N) is 2. The van der Waals surface area contributed by atoms with Crippen LogP contribution in [0.5, 0.6) is 5.75 Å². The Hall–Kier alpha value is -1.35. The summed E-state index contributed by atoms with van der Waals surface area (Å²) in [6.45, 7) is 2.14. The summed E-state index contributed by atoms with van der Waals surface area (Å²) in [5.74, 6) is 0.0624. The number of sulfonamides is 1. The van der Waals surface area contributed by atoms with Crippen LogP contribution in [-0.2, 0) is 21.2 Å². The molecule has 0 spiro atoms. The summed E-state index contributed by atoms with van der Waals surface area (Å²) in [6.07, 6.45) is 0.738. The van der Waals surface area contributed by atoms with Gasteiger partial charge in [0.15, 0.2) is 0 Å². The maximum Gasteiger partial charge on any atom is 0.241 e. The van der Waals surface area contributed by atoms with Gasteiger partial charge in [-0.05, 0) is 31.0 Å². The first-order valence-electron chi connectivity index (χ1n) is 6.46. The molecule has 0 aliphatic heterocycles. The molecule has 0 radical (unpaired) electrons. The highest BCUT2D eigenvalue weighted by Crippen LogP contribution is 2.23. The fourth-order valence-corrected chi connectivity index (χ4v) is 2.56. The summed E-state index contributed by atoms with van der Waals surface area (Å²) in [5, 5.41) is 7.86. The molecule has 1 aromatic rings. The zero-order valence-electron chi connectivity index (χ0n) is 12.5. The lowest BCUT2D eigenvalue weighted by molar-refractivity contribution is -0.121. The third kappa shape index (κ3) is 6.61. The van der Waals surface area contributed by atoms with Crippen molar-refractivity contribution in [3.63, 3.8) is 0 Å². The van der Waals surface area contributed by atoms with E-state index in [9.17, 15) is 13.2 Å². The molecule has 1 unspecified atom stereocenters. The van der Waals surface area contributed by atoms with Gasteiger partial charge in [-0.15, -0.1) is 12.4 Å². The van der Waals surface area contributed by atoms with E-state index in [1.165, 1.54) is 13.2 Å². The molecule has 22 heavy (non-hydrogen) atoms. The number of ether oxygens (including phenoxy) is 1. The molecular formula is C13H22ClN3O4S. The van der Waals surface area contributed by atoms with E-state index in [4.69, 9.17) is 15.6 Å². The first-order valence-corrected chi connectivity index (χ1v) is 8.00. The number of rotatable bonds is 7. The number of amides is 1. The Bertz CT molecular complexity index is 605. The van der Waals surface area contributed by atoms with Crippen LogP contribution in [0, 0.1) is 0 Å². The van der Waals surface area contributed by atoms with Gasteiger partial charge in [-0.1, -0.05) is 6.07 Å². The van der Waals surface area contributed by atoms with E-state index in [0.717, 1.165) is 5.56 Å². The van der Waals surface area contributed by atoms with E-state index in [1.807, 2.05) is 0 Å². The summed E-state index contributed by atoms with van der Waals surface area (Å²) in [6, 6.07) is 4.52. The van der Waals surface area contributed by atoms with Crippen LogP contribution in [0.2, 0.25) is 0 Å². The van der Waals surface area contributed by atoms with E-state index in [0.29, 0.717) is 13.0 Å². The Morgan fingerprint density at radius 3 is 2.55 bits per heavy atom. The van der Waals surface area contributed by atoms with Crippen LogP contribution < -0.4 is 20.9 Å². The zero-order chi connectivity index (χ0) is 16.0. The number of carbonyl (C=O) groups is 1. The lowest BCUT2D eigenvalue weighted by Gasteiger charge is -2.10. The molecule has 0 bridgehead atoms. The molecule has 5 N–H and O–H groups in total. The molecule has 0 aliphatic rings. The van der Waals surface area contributed by atoms with Gasteiger partial charge >= 0.3 is 0 Å². The minimum atomic E-state index is -3.85. The fourth-order valence-electron chi connectivity index (χ4n) is 1.81. The molecule has 0 heterocycles. The Balaban J connectivity index is 0.00000441. The highest BCUT2D eigenvalue weighted by Gasteiger charge is 2.15. The molecule has 1 aromatic carbocycles. The van der Waals surface area contributed by atoms with Crippen molar-refractivity contribution in [2.24, 2.45) is 10.9 Å². The molecule has 0 fully saturated rings. The third-order valence-corrected chi connectivity index (χ3v) is 3.71. The molecule has 0 aromatic heterocycles. The van der Waals surface area contributed by atoms with Crippen LogP contribution in [-0.4, -0.2) is 34.0 Å². The average Bonchev–Trinajstić information content (AvgIpc) is 2.36. The van der Waals surface area contributed by atoms with Crippen molar-refractivity contribution in [3.8, 4) is 5.75 Å². The standard InChI is InChI=1S/C13H21N3O4S.ClH/c1-9(14)7-13(17)16-6-5-10-3-4-11(20-2)12(8-10)21(15,18)19;/h3-4,8-9H,5-7,14H2,1-2H3,(H,16,17)(H2,15,18,19);1H.